The van der Waals surface area contributed by atoms with Crippen LogP contribution in [-0.2, 0) is 4.79 Å². The Balaban J connectivity index is 2.39. The lowest BCUT2D eigenvalue weighted by Crippen LogP contribution is -2.44. The minimum atomic E-state index is -0.755. The number of rotatable bonds is 4. The molecule has 0 radical (unpaired) electrons. The van der Waals surface area contributed by atoms with Crippen LogP contribution >= 0.6 is 0 Å². The van der Waals surface area contributed by atoms with E-state index in [-0.39, 0.29) is 0 Å². The van der Waals surface area contributed by atoms with E-state index in [1.165, 1.54) is 19.3 Å². The minimum absolute atomic E-state index is 0.432. The van der Waals surface area contributed by atoms with Gasteiger partial charge in [0.05, 0.1) is 0 Å². The summed E-state index contributed by atoms with van der Waals surface area (Å²) >= 11 is 0. The normalized spacial score (nSPS) is 25.9. The number of aliphatic carboxylic acids is 1. The third-order valence-corrected chi connectivity index (χ3v) is 3.20. The summed E-state index contributed by atoms with van der Waals surface area (Å²) in [6.07, 6.45) is 3.65. The van der Waals surface area contributed by atoms with E-state index in [4.69, 9.17) is 5.11 Å². The molecule has 0 amide bonds. The van der Waals surface area contributed by atoms with Crippen LogP contribution in [0.1, 0.15) is 26.2 Å². The van der Waals surface area contributed by atoms with E-state index >= 15 is 0 Å². The standard InChI is InChI=1S/C11H22N2O2/c1-9-4-3-6-13(7-5-9)8-10(12-2)11(14)15/h9-10,12H,3-8H2,1-2H3,(H,14,15). The molecule has 1 fully saturated rings. The smallest absolute Gasteiger partial charge is 0.322 e. The third kappa shape index (κ3) is 4.18. The first-order valence-electron chi connectivity index (χ1n) is 5.76. The number of carboxylic acid groups (broad SMARTS) is 1. The maximum Gasteiger partial charge on any atom is 0.322 e. The van der Waals surface area contributed by atoms with Gasteiger partial charge < -0.3 is 15.3 Å². The number of carboxylic acids is 1. The van der Waals surface area contributed by atoms with Crippen molar-refractivity contribution >= 4 is 5.97 Å². The van der Waals surface area contributed by atoms with Gasteiger partial charge in [0.15, 0.2) is 0 Å². The van der Waals surface area contributed by atoms with Gasteiger partial charge in [0.1, 0.15) is 6.04 Å². The van der Waals surface area contributed by atoms with Crippen LogP contribution in [-0.4, -0.2) is 48.7 Å². The predicted molar refractivity (Wildman–Crippen MR) is 59.9 cm³/mol. The van der Waals surface area contributed by atoms with Crippen LogP contribution in [0.25, 0.3) is 0 Å². The van der Waals surface area contributed by atoms with Crippen LogP contribution in [0.5, 0.6) is 0 Å². The zero-order valence-electron chi connectivity index (χ0n) is 9.70. The topological polar surface area (TPSA) is 52.6 Å². The van der Waals surface area contributed by atoms with Gasteiger partial charge in [-0.2, -0.15) is 0 Å². The summed E-state index contributed by atoms with van der Waals surface area (Å²) in [5.41, 5.74) is 0. The fraction of sp³-hybridized carbons (Fsp3) is 0.909. The highest BCUT2D eigenvalue weighted by Gasteiger charge is 2.20. The highest BCUT2D eigenvalue weighted by Crippen LogP contribution is 2.16. The molecule has 1 aliphatic heterocycles. The molecule has 4 heteroatoms. The molecule has 2 unspecified atom stereocenters. The highest BCUT2D eigenvalue weighted by atomic mass is 16.4. The third-order valence-electron chi connectivity index (χ3n) is 3.20. The van der Waals surface area contributed by atoms with Crippen LogP contribution < -0.4 is 5.32 Å². The van der Waals surface area contributed by atoms with Crippen LogP contribution in [0.15, 0.2) is 0 Å². The molecule has 1 rings (SSSR count). The first-order chi connectivity index (χ1) is 7.13. The summed E-state index contributed by atoms with van der Waals surface area (Å²) in [4.78, 5) is 13.1. The number of carbonyl (C=O) groups is 1. The minimum Gasteiger partial charge on any atom is -0.480 e. The number of nitrogens with one attached hydrogen (secondary N) is 1. The van der Waals surface area contributed by atoms with Crippen molar-refractivity contribution in [2.24, 2.45) is 5.92 Å². The lowest BCUT2D eigenvalue weighted by atomic mass is 10.0. The summed E-state index contributed by atoms with van der Waals surface area (Å²) in [5.74, 6) is 0.0302. The van der Waals surface area contributed by atoms with Crippen LogP contribution in [0.3, 0.4) is 0 Å². The molecule has 2 N–H and O–H groups in total. The molecule has 2 atom stereocenters. The van der Waals surface area contributed by atoms with Crippen molar-refractivity contribution in [1.82, 2.24) is 10.2 Å². The molecule has 15 heavy (non-hydrogen) atoms. The number of hydrogen-bond acceptors (Lipinski definition) is 3. The molecule has 0 aliphatic carbocycles. The molecule has 0 aromatic rings. The number of likely N-dealkylation sites (N-methyl/N-ethyl adjacent to an activating group) is 1. The van der Waals surface area contributed by atoms with Crippen molar-refractivity contribution in [2.75, 3.05) is 26.7 Å². The molecule has 1 saturated heterocycles. The first kappa shape index (κ1) is 12.5. The van der Waals surface area contributed by atoms with Gasteiger partial charge in [0.25, 0.3) is 0 Å². The highest BCUT2D eigenvalue weighted by molar-refractivity contribution is 5.73. The van der Waals surface area contributed by atoms with Gasteiger partial charge in [-0.3, -0.25) is 4.79 Å². The molecule has 0 aromatic carbocycles. The molecule has 0 bridgehead atoms. The summed E-state index contributed by atoms with van der Waals surface area (Å²) in [7, 11) is 1.71. The Morgan fingerprint density at radius 1 is 1.53 bits per heavy atom. The monoisotopic (exact) mass is 214 g/mol. The van der Waals surface area contributed by atoms with Gasteiger partial charge in [-0.05, 0) is 45.3 Å². The number of hydrogen-bond donors (Lipinski definition) is 2. The molecule has 1 aliphatic rings. The second-order valence-electron chi connectivity index (χ2n) is 4.52. The van der Waals surface area contributed by atoms with E-state index < -0.39 is 12.0 Å². The van der Waals surface area contributed by atoms with Crippen molar-refractivity contribution in [3.63, 3.8) is 0 Å². The van der Waals surface area contributed by atoms with Gasteiger partial charge in [-0.25, -0.2) is 0 Å². The van der Waals surface area contributed by atoms with Gasteiger partial charge in [-0.1, -0.05) is 6.92 Å². The Bertz CT molecular complexity index is 209. The Morgan fingerprint density at radius 3 is 2.87 bits per heavy atom. The maximum atomic E-state index is 10.9. The SMILES string of the molecule is CNC(CN1CCCC(C)CC1)C(=O)O. The largest absolute Gasteiger partial charge is 0.480 e. The van der Waals surface area contributed by atoms with Crippen molar-refractivity contribution in [2.45, 2.75) is 32.2 Å². The van der Waals surface area contributed by atoms with Crippen LogP contribution in [0, 0.1) is 5.92 Å². The lowest BCUT2D eigenvalue weighted by Gasteiger charge is -2.23. The van der Waals surface area contributed by atoms with Crippen LogP contribution in [0.2, 0.25) is 0 Å². The summed E-state index contributed by atoms with van der Waals surface area (Å²) in [6, 6.07) is -0.432. The second kappa shape index (κ2) is 6.08. The van der Waals surface area contributed by atoms with Crippen molar-refractivity contribution in [3.8, 4) is 0 Å². The predicted octanol–water partition coefficient (Wildman–Crippen LogP) is 0.781. The van der Waals surface area contributed by atoms with E-state index in [1.807, 2.05) is 0 Å². The van der Waals surface area contributed by atoms with E-state index in [0.29, 0.717) is 6.54 Å². The Hall–Kier alpha value is -0.610. The second-order valence-corrected chi connectivity index (χ2v) is 4.52. The van der Waals surface area contributed by atoms with Crippen LogP contribution in [0.4, 0.5) is 0 Å². The Kier molecular flexibility index (Phi) is 5.05. The fourth-order valence-electron chi connectivity index (χ4n) is 2.06. The molecular weight excluding hydrogens is 192 g/mol. The molecule has 0 aromatic heterocycles. The summed E-state index contributed by atoms with van der Waals surface area (Å²) in [6.45, 7) is 4.97. The number of likely N-dealkylation sites (tertiary alicyclic amines) is 1. The average molecular weight is 214 g/mol. The van der Waals surface area contributed by atoms with Crippen molar-refractivity contribution in [1.29, 1.82) is 0 Å². The van der Waals surface area contributed by atoms with E-state index in [0.717, 1.165) is 19.0 Å². The van der Waals surface area contributed by atoms with Gasteiger partial charge >= 0.3 is 5.97 Å². The fourth-order valence-corrected chi connectivity index (χ4v) is 2.06. The van der Waals surface area contributed by atoms with E-state index in [9.17, 15) is 4.79 Å². The number of nitrogens with zero attached hydrogens (tertiary/aromatic N) is 1. The maximum absolute atomic E-state index is 10.9. The Labute approximate surface area is 91.6 Å². The summed E-state index contributed by atoms with van der Waals surface area (Å²) in [5, 5.41) is 11.8. The average Bonchev–Trinajstić information content (AvgIpc) is 2.39. The van der Waals surface area contributed by atoms with Crippen molar-refractivity contribution in [3.05, 3.63) is 0 Å². The molecule has 1 heterocycles. The van der Waals surface area contributed by atoms with Crippen molar-refractivity contribution < 1.29 is 9.90 Å². The summed E-state index contributed by atoms with van der Waals surface area (Å²) < 4.78 is 0. The molecule has 0 spiro atoms. The lowest BCUT2D eigenvalue weighted by molar-refractivity contribution is -0.139. The van der Waals surface area contributed by atoms with E-state index in [2.05, 4.69) is 17.1 Å². The molecule has 88 valence electrons. The van der Waals surface area contributed by atoms with E-state index in [1.54, 1.807) is 7.05 Å². The first-order valence-corrected chi connectivity index (χ1v) is 5.76. The zero-order valence-corrected chi connectivity index (χ0v) is 9.70. The molecule has 4 nitrogen and oxygen atoms in total. The Morgan fingerprint density at radius 2 is 2.27 bits per heavy atom. The zero-order chi connectivity index (χ0) is 11.3. The molecule has 0 saturated carbocycles. The van der Waals surface area contributed by atoms with Gasteiger partial charge in [0, 0.05) is 6.54 Å². The quantitative estimate of drug-likeness (QED) is 0.726. The van der Waals surface area contributed by atoms with Gasteiger partial charge in [0.2, 0.25) is 0 Å². The molecular formula is C11H22N2O2. The van der Waals surface area contributed by atoms with Gasteiger partial charge in [-0.15, -0.1) is 0 Å².